The second-order valence-corrected chi connectivity index (χ2v) is 13.5. The van der Waals surface area contributed by atoms with E-state index in [1.807, 2.05) is 25.8 Å². The molecule has 0 saturated carbocycles. The van der Waals surface area contributed by atoms with E-state index in [-0.39, 0.29) is 57.7 Å². The van der Waals surface area contributed by atoms with Gasteiger partial charge in [-0.3, -0.25) is 19.7 Å². The van der Waals surface area contributed by atoms with Crippen LogP contribution in [0.4, 0.5) is 5.69 Å². The zero-order valence-corrected chi connectivity index (χ0v) is 24.8. The normalized spacial score (nSPS) is 23.5. The average molecular weight is 610 g/mol. The standard InChI is InChI=1S/C29H31N5O8S/c1-16(2)18-8-9-20-22(15-18)42-29(37)24-19(6-5-7-21(24)34(38)39)26(35)28(20,29)31-27(36)25-17(3)14-23(30-25)43(40,41)33-12-10-32(4)11-13-33/h5-9,14-16,30,37H,10-13H2,1-4H3,(H,31,36). The minimum atomic E-state index is -3.96. The number of nitro groups is 1. The Balaban J connectivity index is 1.46. The number of Topliss-reactive ketones (excluding diaryl/α,β-unsaturated/α-hetero) is 1. The molecule has 2 atom stereocenters. The monoisotopic (exact) mass is 609 g/mol. The van der Waals surface area contributed by atoms with E-state index in [4.69, 9.17) is 4.74 Å². The van der Waals surface area contributed by atoms with E-state index in [0.717, 1.165) is 11.6 Å². The summed E-state index contributed by atoms with van der Waals surface area (Å²) < 4.78 is 34.1. The number of hydrogen-bond donors (Lipinski definition) is 3. The van der Waals surface area contributed by atoms with Crippen molar-refractivity contribution in [2.45, 2.75) is 43.0 Å². The molecule has 1 amide bonds. The molecular formula is C29H31N5O8S. The molecule has 3 aliphatic rings. The number of nitrogens with zero attached hydrogens (tertiary/aromatic N) is 3. The third-order valence-electron chi connectivity index (χ3n) is 8.60. The number of aromatic nitrogens is 1. The van der Waals surface area contributed by atoms with Gasteiger partial charge in [-0.05, 0) is 43.1 Å². The van der Waals surface area contributed by atoms with Crippen molar-refractivity contribution in [3.8, 4) is 5.75 Å². The molecule has 13 nitrogen and oxygen atoms in total. The number of fused-ring (bicyclic) bond motifs is 5. The minimum absolute atomic E-state index is 0.0501. The van der Waals surface area contributed by atoms with Gasteiger partial charge in [-0.25, -0.2) is 8.42 Å². The second-order valence-electron chi connectivity index (χ2n) is 11.5. The van der Waals surface area contributed by atoms with Crippen molar-refractivity contribution < 1.29 is 32.8 Å². The minimum Gasteiger partial charge on any atom is -0.454 e. The smallest absolute Gasteiger partial charge is 0.280 e. The van der Waals surface area contributed by atoms with Gasteiger partial charge in [0.1, 0.15) is 22.0 Å². The second kappa shape index (κ2) is 9.71. The summed E-state index contributed by atoms with van der Waals surface area (Å²) in [6, 6.07) is 10.1. The molecule has 1 aromatic heterocycles. The van der Waals surface area contributed by atoms with Gasteiger partial charge in [0.05, 0.1) is 4.92 Å². The summed E-state index contributed by atoms with van der Waals surface area (Å²) in [5.41, 5.74) is -2.29. The highest BCUT2D eigenvalue weighted by atomic mass is 32.2. The first-order valence-corrected chi connectivity index (χ1v) is 15.3. The molecule has 1 fully saturated rings. The molecule has 1 aliphatic carbocycles. The number of carbonyl (C=O) groups is 2. The number of amides is 1. The SMILES string of the molecule is Cc1cc(S(=O)(=O)N2CCN(C)CC2)[nH]c1C(=O)NC12C(=O)c3cccc([N+](=O)[O-])c3C1(O)Oc1cc(C(C)C)ccc12. The van der Waals surface area contributed by atoms with Crippen LogP contribution in [0, 0.1) is 17.0 Å². The number of aryl methyl sites for hydroxylation is 1. The zero-order valence-electron chi connectivity index (χ0n) is 24.0. The fourth-order valence-corrected chi connectivity index (χ4v) is 7.65. The van der Waals surface area contributed by atoms with Crippen molar-refractivity contribution in [1.82, 2.24) is 19.5 Å². The van der Waals surface area contributed by atoms with E-state index < -0.39 is 43.7 Å². The molecule has 6 rings (SSSR count). The maximum Gasteiger partial charge on any atom is 0.280 e. The maximum atomic E-state index is 14.2. The van der Waals surface area contributed by atoms with Crippen LogP contribution in [0.5, 0.6) is 5.75 Å². The lowest BCUT2D eigenvalue weighted by Gasteiger charge is -2.34. The Morgan fingerprint density at radius 2 is 1.86 bits per heavy atom. The number of benzene rings is 2. The van der Waals surface area contributed by atoms with E-state index >= 15 is 0 Å². The van der Waals surface area contributed by atoms with Crippen LogP contribution in [-0.4, -0.2) is 77.6 Å². The molecule has 3 heterocycles. The van der Waals surface area contributed by atoms with E-state index in [1.54, 1.807) is 25.1 Å². The lowest BCUT2D eigenvalue weighted by atomic mass is 9.82. The van der Waals surface area contributed by atoms with Crippen LogP contribution in [-0.2, 0) is 21.3 Å². The van der Waals surface area contributed by atoms with E-state index in [2.05, 4.69) is 10.3 Å². The number of aliphatic hydroxyl groups is 1. The summed E-state index contributed by atoms with van der Waals surface area (Å²) in [5, 5.41) is 26.7. The van der Waals surface area contributed by atoms with Crippen molar-refractivity contribution in [3.05, 3.63) is 86.1 Å². The third kappa shape index (κ3) is 4.04. The highest BCUT2D eigenvalue weighted by Crippen LogP contribution is 2.60. The number of piperazine rings is 1. The summed E-state index contributed by atoms with van der Waals surface area (Å²) in [6.45, 7) is 7.11. The number of nitro benzene ring substituents is 1. The summed E-state index contributed by atoms with van der Waals surface area (Å²) in [7, 11) is -2.05. The maximum absolute atomic E-state index is 14.2. The van der Waals surface area contributed by atoms with E-state index in [1.165, 1.54) is 22.5 Å². The number of likely N-dealkylation sites (N-methyl/N-ethyl adjacent to an activating group) is 1. The molecule has 43 heavy (non-hydrogen) atoms. The van der Waals surface area contributed by atoms with Gasteiger partial charge in [0.25, 0.3) is 27.4 Å². The van der Waals surface area contributed by atoms with E-state index in [9.17, 15) is 33.2 Å². The van der Waals surface area contributed by atoms with Gasteiger partial charge in [0.15, 0.2) is 0 Å². The number of hydrogen-bond acceptors (Lipinski definition) is 9. The zero-order chi connectivity index (χ0) is 31.1. The number of rotatable bonds is 6. The van der Waals surface area contributed by atoms with Crippen molar-refractivity contribution in [3.63, 3.8) is 0 Å². The molecule has 2 aromatic carbocycles. The van der Waals surface area contributed by atoms with Crippen LogP contribution in [0.1, 0.15) is 62.9 Å². The molecule has 226 valence electrons. The third-order valence-corrected chi connectivity index (χ3v) is 10.4. The number of ketones is 1. The van der Waals surface area contributed by atoms with Crippen molar-refractivity contribution in [2.24, 2.45) is 0 Å². The number of nitrogens with one attached hydrogen (secondary N) is 2. The average Bonchev–Trinajstić information content (AvgIpc) is 3.53. The Kier molecular flexibility index (Phi) is 6.54. The Morgan fingerprint density at radius 1 is 1.16 bits per heavy atom. The van der Waals surface area contributed by atoms with Crippen molar-refractivity contribution in [1.29, 1.82) is 0 Å². The van der Waals surface area contributed by atoms with Crippen LogP contribution in [0.15, 0.2) is 47.5 Å². The van der Waals surface area contributed by atoms with E-state index in [0.29, 0.717) is 13.1 Å². The van der Waals surface area contributed by atoms with Gasteiger partial charge in [-0.15, -0.1) is 0 Å². The van der Waals surface area contributed by atoms with Crippen molar-refractivity contribution >= 4 is 27.4 Å². The molecule has 0 radical (unpaired) electrons. The summed E-state index contributed by atoms with van der Waals surface area (Å²) >= 11 is 0. The molecule has 0 bridgehead atoms. The van der Waals surface area contributed by atoms with Crippen LogP contribution in [0.25, 0.3) is 0 Å². The molecule has 1 saturated heterocycles. The number of sulfonamides is 1. The number of carbonyl (C=O) groups excluding carboxylic acids is 2. The topological polar surface area (TPSA) is 175 Å². The first kappa shape index (κ1) is 29.0. The summed E-state index contributed by atoms with van der Waals surface area (Å²) in [5.74, 6) is -4.22. The predicted molar refractivity (Wildman–Crippen MR) is 153 cm³/mol. The summed E-state index contributed by atoms with van der Waals surface area (Å²) in [6.07, 6.45) is 0. The molecular weight excluding hydrogens is 578 g/mol. The molecule has 2 aliphatic heterocycles. The van der Waals surface area contributed by atoms with Crippen molar-refractivity contribution in [2.75, 3.05) is 33.2 Å². The Hall–Kier alpha value is -4.11. The van der Waals surface area contributed by atoms with Crippen LogP contribution in [0.3, 0.4) is 0 Å². The van der Waals surface area contributed by atoms with Gasteiger partial charge in [0, 0.05) is 43.4 Å². The van der Waals surface area contributed by atoms with Gasteiger partial charge in [-0.2, -0.15) is 4.31 Å². The van der Waals surface area contributed by atoms with Gasteiger partial charge >= 0.3 is 0 Å². The highest BCUT2D eigenvalue weighted by molar-refractivity contribution is 7.89. The Bertz CT molecular complexity index is 1810. The number of aromatic amines is 1. The Labute approximate surface area is 247 Å². The lowest BCUT2D eigenvalue weighted by molar-refractivity contribution is -0.388. The number of H-pyrrole nitrogens is 1. The van der Waals surface area contributed by atoms with Gasteiger partial charge < -0.3 is 25.0 Å². The summed E-state index contributed by atoms with van der Waals surface area (Å²) in [4.78, 5) is 44.2. The van der Waals surface area contributed by atoms with Crippen LogP contribution in [0.2, 0.25) is 0 Å². The quantitative estimate of drug-likeness (QED) is 0.280. The molecule has 0 spiro atoms. The molecule has 2 unspecified atom stereocenters. The lowest BCUT2D eigenvalue weighted by Crippen LogP contribution is -2.60. The fraction of sp³-hybridized carbons (Fsp3) is 0.379. The predicted octanol–water partition coefficient (Wildman–Crippen LogP) is 2.35. The molecule has 14 heteroatoms. The Morgan fingerprint density at radius 3 is 2.51 bits per heavy atom. The number of ether oxygens (including phenoxy) is 1. The largest absolute Gasteiger partial charge is 0.454 e. The van der Waals surface area contributed by atoms with Crippen LogP contribution >= 0.6 is 0 Å². The first-order chi connectivity index (χ1) is 20.2. The first-order valence-electron chi connectivity index (χ1n) is 13.8. The molecule has 3 aromatic rings. The van der Waals surface area contributed by atoms with Gasteiger partial charge in [0.2, 0.25) is 11.3 Å². The van der Waals surface area contributed by atoms with Gasteiger partial charge in [-0.1, -0.05) is 38.1 Å². The highest BCUT2D eigenvalue weighted by Gasteiger charge is 2.73. The van der Waals surface area contributed by atoms with Crippen LogP contribution < -0.4 is 10.1 Å². The fourth-order valence-electron chi connectivity index (χ4n) is 6.18. The molecule has 3 N–H and O–H groups in total.